The van der Waals surface area contributed by atoms with E-state index < -0.39 is 11.6 Å². The van der Waals surface area contributed by atoms with Crippen LogP contribution in [0.1, 0.15) is 90.9 Å². The number of likely N-dealkylation sites (tertiary alicyclic amines) is 2. The summed E-state index contributed by atoms with van der Waals surface area (Å²) in [6.45, 7) is 16.4. The molecule has 2 aliphatic heterocycles. The van der Waals surface area contributed by atoms with Gasteiger partial charge in [0.15, 0.2) is 0 Å². The first kappa shape index (κ1) is 36.4. The van der Waals surface area contributed by atoms with Crippen LogP contribution in [-0.2, 0) is 4.79 Å². The van der Waals surface area contributed by atoms with Gasteiger partial charge in [-0.05, 0) is 122 Å². The fourth-order valence-electron chi connectivity index (χ4n) is 6.68. The van der Waals surface area contributed by atoms with E-state index in [0.717, 1.165) is 82.6 Å². The zero-order valence-corrected chi connectivity index (χ0v) is 27.6. The number of nitrogens with zero attached hydrogens (tertiary/aromatic N) is 3. The SMILES string of the molecule is C=C(Nc1ccc(F)cc1F)N(C(=N)/C(C)=C\C)C1CCC(C(=O)N2CCC(N3CCCC3)CC2)CC1.C=CCCCCCN. The average molecular weight is 627 g/mol. The Kier molecular flexibility index (Phi) is 15.2. The maximum Gasteiger partial charge on any atom is 0.225 e. The molecule has 0 radical (unpaired) electrons. The Bertz CT molecular complexity index is 1150. The Hall–Kier alpha value is -3.04. The Morgan fingerprint density at radius 1 is 1.07 bits per heavy atom. The smallest absolute Gasteiger partial charge is 0.225 e. The Labute approximate surface area is 270 Å². The molecule has 45 heavy (non-hydrogen) atoms. The molecule has 1 amide bonds. The van der Waals surface area contributed by atoms with Crippen molar-refractivity contribution < 1.29 is 13.6 Å². The van der Waals surface area contributed by atoms with E-state index in [9.17, 15) is 13.6 Å². The molecule has 4 rings (SSSR count). The van der Waals surface area contributed by atoms with Crippen molar-refractivity contribution in [2.45, 2.75) is 103 Å². The van der Waals surface area contributed by atoms with Crippen LogP contribution in [0.15, 0.2) is 54.9 Å². The zero-order valence-electron chi connectivity index (χ0n) is 27.6. The molecule has 7 nitrogen and oxygen atoms in total. The molecule has 3 fully saturated rings. The molecule has 0 aromatic heterocycles. The normalized spacial score (nSPS) is 21.1. The van der Waals surface area contributed by atoms with Gasteiger partial charge in [-0.15, -0.1) is 6.58 Å². The minimum atomic E-state index is -0.710. The van der Waals surface area contributed by atoms with Crippen LogP contribution < -0.4 is 11.1 Å². The number of hydrogen-bond donors (Lipinski definition) is 3. The van der Waals surface area contributed by atoms with Gasteiger partial charge in [-0.25, -0.2) is 8.78 Å². The highest BCUT2D eigenvalue weighted by molar-refractivity contribution is 5.96. The summed E-state index contributed by atoms with van der Waals surface area (Å²) in [4.78, 5) is 19.8. The number of piperidine rings is 1. The predicted molar refractivity (Wildman–Crippen MR) is 182 cm³/mol. The predicted octanol–water partition coefficient (Wildman–Crippen LogP) is 7.43. The number of halogens is 2. The van der Waals surface area contributed by atoms with E-state index >= 15 is 0 Å². The molecule has 1 saturated carbocycles. The summed E-state index contributed by atoms with van der Waals surface area (Å²) in [5.41, 5.74) is 6.18. The lowest BCUT2D eigenvalue weighted by Crippen LogP contribution is -2.49. The van der Waals surface area contributed by atoms with Gasteiger partial charge >= 0.3 is 0 Å². The van der Waals surface area contributed by atoms with Crippen LogP contribution in [0.25, 0.3) is 0 Å². The monoisotopic (exact) mass is 626 g/mol. The first-order valence-electron chi connectivity index (χ1n) is 17.0. The van der Waals surface area contributed by atoms with Crippen LogP contribution >= 0.6 is 0 Å². The third-order valence-electron chi connectivity index (χ3n) is 9.50. The summed E-state index contributed by atoms with van der Waals surface area (Å²) in [6.07, 6.45) is 16.4. The number of allylic oxidation sites excluding steroid dienone is 2. The molecule has 250 valence electrons. The number of nitrogens with one attached hydrogen (secondary N) is 2. The van der Waals surface area contributed by atoms with Crippen molar-refractivity contribution in [3.8, 4) is 0 Å². The van der Waals surface area contributed by atoms with E-state index in [1.807, 2.05) is 26.0 Å². The Morgan fingerprint density at radius 3 is 2.31 bits per heavy atom. The Balaban J connectivity index is 0.000000610. The third-order valence-corrected chi connectivity index (χ3v) is 9.50. The van der Waals surface area contributed by atoms with E-state index in [4.69, 9.17) is 11.1 Å². The minimum absolute atomic E-state index is 0.00852. The highest BCUT2D eigenvalue weighted by atomic mass is 19.1. The number of anilines is 1. The molecule has 9 heteroatoms. The van der Waals surface area contributed by atoms with Crippen LogP contribution in [0, 0.1) is 23.0 Å². The number of nitrogens with two attached hydrogens (primary N) is 1. The highest BCUT2D eigenvalue weighted by Gasteiger charge is 2.36. The fraction of sp³-hybridized carbons (Fsp3) is 0.611. The van der Waals surface area contributed by atoms with Crippen LogP contribution in [0.3, 0.4) is 0 Å². The largest absolute Gasteiger partial charge is 0.342 e. The quantitative estimate of drug-likeness (QED) is 0.0972. The van der Waals surface area contributed by atoms with E-state index in [0.29, 0.717) is 17.7 Å². The topological polar surface area (TPSA) is 88.7 Å². The summed E-state index contributed by atoms with van der Waals surface area (Å²) in [5, 5.41) is 11.7. The number of amides is 1. The van der Waals surface area contributed by atoms with Crippen molar-refractivity contribution in [3.63, 3.8) is 0 Å². The van der Waals surface area contributed by atoms with Gasteiger partial charge in [-0.2, -0.15) is 0 Å². The zero-order chi connectivity index (χ0) is 32.8. The first-order chi connectivity index (χ1) is 21.7. The molecule has 2 saturated heterocycles. The van der Waals surface area contributed by atoms with E-state index in [2.05, 4.69) is 28.3 Å². The van der Waals surface area contributed by atoms with Gasteiger partial charge in [0.1, 0.15) is 23.3 Å². The average Bonchev–Trinajstić information content (AvgIpc) is 3.60. The van der Waals surface area contributed by atoms with E-state index in [-0.39, 0.29) is 23.6 Å². The molecule has 0 atom stereocenters. The van der Waals surface area contributed by atoms with Gasteiger partial charge < -0.3 is 25.8 Å². The molecule has 0 spiro atoms. The van der Waals surface area contributed by atoms with Crippen molar-refractivity contribution in [1.82, 2.24) is 14.7 Å². The summed E-state index contributed by atoms with van der Waals surface area (Å²) in [6, 6.07) is 3.95. The van der Waals surface area contributed by atoms with Crippen LogP contribution in [0.4, 0.5) is 14.5 Å². The van der Waals surface area contributed by atoms with Gasteiger partial charge in [0.25, 0.3) is 0 Å². The lowest BCUT2D eigenvalue weighted by molar-refractivity contribution is -0.138. The van der Waals surface area contributed by atoms with Crippen molar-refractivity contribution in [1.29, 1.82) is 5.41 Å². The Morgan fingerprint density at radius 2 is 1.73 bits per heavy atom. The van der Waals surface area contributed by atoms with Gasteiger partial charge in [0.2, 0.25) is 5.91 Å². The summed E-state index contributed by atoms with van der Waals surface area (Å²) >= 11 is 0. The maximum absolute atomic E-state index is 14.3. The van der Waals surface area contributed by atoms with Crippen molar-refractivity contribution in [3.05, 3.63) is 66.5 Å². The lowest BCUT2D eigenvalue weighted by atomic mass is 9.83. The molecule has 4 N–H and O–H groups in total. The summed E-state index contributed by atoms with van der Waals surface area (Å²) in [5.74, 6) is -0.412. The fourth-order valence-corrected chi connectivity index (χ4v) is 6.68. The molecule has 2 heterocycles. The third kappa shape index (κ3) is 10.8. The van der Waals surface area contributed by atoms with Gasteiger partial charge in [0, 0.05) is 37.2 Å². The molecular weight excluding hydrogens is 570 g/mol. The van der Waals surface area contributed by atoms with Gasteiger partial charge in [-0.3, -0.25) is 10.2 Å². The second kappa shape index (κ2) is 18.8. The molecule has 1 aromatic rings. The molecule has 1 aromatic carbocycles. The first-order valence-corrected chi connectivity index (χ1v) is 17.0. The second-order valence-electron chi connectivity index (χ2n) is 12.6. The van der Waals surface area contributed by atoms with Gasteiger partial charge in [0.05, 0.1) is 5.69 Å². The number of unbranched alkanes of at least 4 members (excludes halogenated alkanes) is 3. The van der Waals surface area contributed by atoms with E-state index in [1.54, 1.807) is 4.90 Å². The number of rotatable bonds is 12. The molecular formula is C36H56F2N6O. The van der Waals surface area contributed by atoms with Crippen molar-refractivity contribution in [2.24, 2.45) is 11.7 Å². The highest BCUT2D eigenvalue weighted by Crippen LogP contribution is 2.33. The lowest BCUT2D eigenvalue weighted by Gasteiger charge is -2.41. The van der Waals surface area contributed by atoms with Crippen LogP contribution in [0.2, 0.25) is 0 Å². The minimum Gasteiger partial charge on any atom is -0.342 e. The number of amidine groups is 1. The van der Waals surface area contributed by atoms with Crippen LogP contribution in [-0.4, -0.2) is 71.2 Å². The van der Waals surface area contributed by atoms with E-state index in [1.165, 1.54) is 50.9 Å². The summed E-state index contributed by atoms with van der Waals surface area (Å²) < 4.78 is 27.7. The number of hydrogen-bond acceptors (Lipinski definition) is 5. The second-order valence-corrected chi connectivity index (χ2v) is 12.6. The van der Waals surface area contributed by atoms with Crippen molar-refractivity contribution >= 4 is 17.4 Å². The standard InChI is InChI=1S/C29H41F2N5O.C7H15N/c1-4-20(2)28(32)36(21(3)33-27-12-9-23(30)19-26(27)31)25-10-7-22(8-11-25)29(37)35-17-13-24(14-18-35)34-15-5-6-16-34;1-2-3-4-5-6-7-8/h4,9,12,19,22,24-25,32-33H,3,5-8,10-11,13-18H2,1-2H3;2H,1,3-8H2/b20-4-,32-28?;. The number of carbonyl (C=O) groups excluding carboxylic acids is 1. The number of benzene rings is 1. The van der Waals surface area contributed by atoms with Crippen LogP contribution in [0.5, 0.6) is 0 Å². The van der Waals surface area contributed by atoms with Crippen molar-refractivity contribution in [2.75, 3.05) is 38.0 Å². The number of carbonyl (C=O) groups is 1. The molecule has 0 unspecified atom stereocenters. The molecule has 1 aliphatic carbocycles. The molecule has 3 aliphatic rings. The maximum atomic E-state index is 14.3. The van der Waals surface area contributed by atoms with Gasteiger partial charge in [-0.1, -0.05) is 25.2 Å². The summed E-state index contributed by atoms with van der Waals surface area (Å²) in [7, 11) is 0. The molecule has 0 bridgehead atoms.